The van der Waals surface area contributed by atoms with Gasteiger partial charge in [-0.3, -0.25) is 0 Å². The number of nitrogens with zero attached hydrogens (tertiary/aromatic N) is 2. The van der Waals surface area contributed by atoms with E-state index in [1.165, 1.54) is 6.92 Å². The Labute approximate surface area is 111 Å². The van der Waals surface area contributed by atoms with E-state index >= 15 is 0 Å². The van der Waals surface area contributed by atoms with Gasteiger partial charge < -0.3 is 0 Å². The second-order valence-electron chi connectivity index (χ2n) is 3.63. The SMILES string of the molecule is Cc1c(C(F)(F)F)nn(-c2ccccc2Cl)c1Cl. The molecule has 0 aliphatic rings. The molecule has 0 aliphatic carbocycles. The van der Waals surface area contributed by atoms with Gasteiger partial charge in [0.15, 0.2) is 5.69 Å². The topological polar surface area (TPSA) is 17.8 Å². The first-order chi connectivity index (χ1) is 8.32. The lowest BCUT2D eigenvalue weighted by Crippen LogP contribution is -2.08. The molecule has 0 amide bonds. The van der Waals surface area contributed by atoms with Crippen molar-refractivity contribution in [1.29, 1.82) is 0 Å². The number of halogens is 5. The Morgan fingerprint density at radius 2 is 1.78 bits per heavy atom. The van der Waals surface area contributed by atoms with Crippen molar-refractivity contribution in [3.05, 3.63) is 45.7 Å². The highest BCUT2D eigenvalue weighted by Crippen LogP contribution is 2.35. The van der Waals surface area contributed by atoms with Gasteiger partial charge in [0.25, 0.3) is 0 Å². The third-order valence-electron chi connectivity index (χ3n) is 2.40. The Balaban J connectivity index is 2.65. The maximum absolute atomic E-state index is 12.7. The number of rotatable bonds is 1. The first kappa shape index (κ1) is 13.2. The quantitative estimate of drug-likeness (QED) is 0.757. The molecule has 96 valence electrons. The van der Waals surface area contributed by atoms with Crippen LogP contribution in [0.2, 0.25) is 10.2 Å². The third kappa shape index (κ3) is 2.20. The number of benzene rings is 1. The average molecular weight is 295 g/mol. The molecule has 0 fully saturated rings. The average Bonchev–Trinajstić information content (AvgIpc) is 2.57. The van der Waals surface area contributed by atoms with Gasteiger partial charge in [-0.1, -0.05) is 35.3 Å². The van der Waals surface area contributed by atoms with Crippen molar-refractivity contribution in [2.75, 3.05) is 0 Å². The minimum absolute atomic E-state index is 0.101. The summed E-state index contributed by atoms with van der Waals surface area (Å²) in [6.07, 6.45) is -4.54. The number of hydrogen-bond acceptors (Lipinski definition) is 1. The highest BCUT2D eigenvalue weighted by atomic mass is 35.5. The normalized spacial score (nSPS) is 11.9. The molecule has 0 radical (unpaired) electrons. The van der Waals surface area contributed by atoms with Crippen LogP contribution >= 0.6 is 23.2 Å². The van der Waals surface area contributed by atoms with Crippen molar-refractivity contribution < 1.29 is 13.2 Å². The van der Waals surface area contributed by atoms with Crippen LogP contribution in [-0.4, -0.2) is 9.78 Å². The maximum Gasteiger partial charge on any atom is 0.435 e. The summed E-state index contributed by atoms with van der Waals surface area (Å²) in [4.78, 5) is 0. The largest absolute Gasteiger partial charge is 0.435 e. The molecule has 18 heavy (non-hydrogen) atoms. The van der Waals surface area contributed by atoms with Gasteiger partial charge in [-0.15, -0.1) is 0 Å². The second kappa shape index (κ2) is 4.48. The predicted octanol–water partition coefficient (Wildman–Crippen LogP) is 4.51. The van der Waals surface area contributed by atoms with E-state index in [9.17, 15) is 13.2 Å². The molecule has 0 spiro atoms. The van der Waals surface area contributed by atoms with E-state index < -0.39 is 11.9 Å². The summed E-state index contributed by atoms with van der Waals surface area (Å²) < 4.78 is 39.1. The van der Waals surface area contributed by atoms with E-state index in [2.05, 4.69) is 5.10 Å². The molecule has 2 aromatic rings. The van der Waals surface area contributed by atoms with Crippen LogP contribution in [0.25, 0.3) is 5.69 Å². The highest BCUT2D eigenvalue weighted by molar-refractivity contribution is 6.33. The molecule has 1 aromatic carbocycles. The summed E-state index contributed by atoms with van der Waals surface area (Å²) in [5.41, 5.74) is -0.820. The smallest absolute Gasteiger partial charge is 0.220 e. The van der Waals surface area contributed by atoms with Crippen molar-refractivity contribution in [2.45, 2.75) is 13.1 Å². The summed E-state index contributed by atoms with van der Waals surface area (Å²) in [7, 11) is 0. The fourth-order valence-electron chi connectivity index (χ4n) is 1.53. The second-order valence-corrected chi connectivity index (χ2v) is 4.39. The van der Waals surface area contributed by atoms with E-state index in [4.69, 9.17) is 23.2 Å². The van der Waals surface area contributed by atoms with Gasteiger partial charge in [-0.25, -0.2) is 4.68 Å². The van der Waals surface area contributed by atoms with Gasteiger partial charge in [0.2, 0.25) is 0 Å². The lowest BCUT2D eigenvalue weighted by Gasteiger charge is -2.05. The highest BCUT2D eigenvalue weighted by Gasteiger charge is 2.37. The molecule has 7 heteroatoms. The van der Waals surface area contributed by atoms with Gasteiger partial charge >= 0.3 is 6.18 Å². The third-order valence-corrected chi connectivity index (χ3v) is 3.16. The van der Waals surface area contributed by atoms with Gasteiger partial charge in [0, 0.05) is 5.56 Å². The van der Waals surface area contributed by atoms with Crippen LogP contribution in [0, 0.1) is 6.92 Å². The number of hydrogen-bond donors (Lipinski definition) is 0. The van der Waals surface area contributed by atoms with Crippen LogP contribution in [0.4, 0.5) is 13.2 Å². The molecule has 0 aliphatic heterocycles. The monoisotopic (exact) mass is 294 g/mol. The van der Waals surface area contributed by atoms with Gasteiger partial charge in [0.1, 0.15) is 5.15 Å². The van der Waals surface area contributed by atoms with Gasteiger partial charge in [0.05, 0.1) is 10.7 Å². The van der Waals surface area contributed by atoms with Crippen molar-refractivity contribution in [1.82, 2.24) is 9.78 Å². The molecule has 0 bridgehead atoms. The molecule has 2 nitrogen and oxygen atoms in total. The van der Waals surface area contributed by atoms with Crippen molar-refractivity contribution >= 4 is 23.2 Å². The molecule has 0 N–H and O–H groups in total. The minimum atomic E-state index is -4.54. The molecule has 0 atom stereocenters. The zero-order valence-electron chi connectivity index (χ0n) is 9.09. The fourth-order valence-corrected chi connectivity index (χ4v) is 1.96. The van der Waals surface area contributed by atoms with Crippen molar-refractivity contribution in [3.8, 4) is 5.69 Å². The Bertz CT molecular complexity index is 590. The molecule has 0 unspecified atom stereocenters. The summed E-state index contributed by atoms with van der Waals surface area (Å²) >= 11 is 11.8. The lowest BCUT2D eigenvalue weighted by atomic mass is 10.3. The maximum atomic E-state index is 12.7. The Hall–Kier alpha value is -1.20. The summed E-state index contributed by atoms with van der Waals surface area (Å²) in [6.45, 7) is 1.27. The van der Waals surface area contributed by atoms with Crippen LogP contribution in [0.15, 0.2) is 24.3 Å². The Morgan fingerprint density at radius 3 is 2.28 bits per heavy atom. The van der Waals surface area contributed by atoms with Gasteiger partial charge in [-0.2, -0.15) is 18.3 Å². The zero-order chi connectivity index (χ0) is 13.5. The van der Waals surface area contributed by atoms with Crippen molar-refractivity contribution in [2.24, 2.45) is 0 Å². The Kier molecular flexibility index (Phi) is 3.29. The molecule has 0 saturated heterocycles. The van der Waals surface area contributed by atoms with Gasteiger partial charge in [-0.05, 0) is 19.1 Å². The van der Waals surface area contributed by atoms with E-state index in [1.807, 2.05) is 0 Å². The molecule has 0 saturated carbocycles. The summed E-state index contributed by atoms with van der Waals surface area (Å²) in [5.74, 6) is 0. The molecule has 2 rings (SSSR count). The van der Waals surface area contributed by atoms with E-state index in [1.54, 1.807) is 24.3 Å². The van der Waals surface area contributed by atoms with E-state index in [0.717, 1.165) is 4.68 Å². The molecule has 1 aromatic heterocycles. The first-order valence-corrected chi connectivity index (χ1v) is 5.65. The number of alkyl halides is 3. The van der Waals surface area contributed by atoms with E-state index in [0.29, 0.717) is 5.69 Å². The Morgan fingerprint density at radius 1 is 1.17 bits per heavy atom. The number of para-hydroxylation sites is 1. The standard InChI is InChI=1S/C11H7Cl2F3N2/c1-6-9(11(14,15)16)17-18(10(6)13)8-5-3-2-4-7(8)12/h2-5H,1H3. The summed E-state index contributed by atoms with van der Waals surface area (Å²) in [5, 5.41) is 3.66. The predicted molar refractivity (Wildman–Crippen MR) is 63.3 cm³/mol. The lowest BCUT2D eigenvalue weighted by molar-refractivity contribution is -0.141. The summed E-state index contributed by atoms with van der Waals surface area (Å²) in [6, 6.07) is 6.40. The van der Waals surface area contributed by atoms with Crippen LogP contribution in [0.1, 0.15) is 11.3 Å². The van der Waals surface area contributed by atoms with Crippen LogP contribution in [-0.2, 0) is 6.18 Å². The van der Waals surface area contributed by atoms with Crippen molar-refractivity contribution in [3.63, 3.8) is 0 Å². The fraction of sp³-hybridized carbons (Fsp3) is 0.182. The molecule has 1 heterocycles. The molecular formula is C11H7Cl2F3N2. The minimum Gasteiger partial charge on any atom is -0.220 e. The molecular weight excluding hydrogens is 288 g/mol. The van der Waals surface area contributed by atoms with E-state index in [-0.39, 0.29) is 15.7 Å². The number of aromatic nitrogens is 2. The first-order valence-electron chi connectivity index (χ1n) is 4.89. The van der Waals surface area contributed by atoms with Crippen LogP contribution in [0.5, 0.6) is 0 Å². The van der Waals surface area contributed by atoms with Crippen LogP contribution in [0.3, 0.4) is 0 Å². The van der Waals surface area contributed by atoms with Crippen LogP contribution < -0.4 is 0 Å². The zero-order valence-corrected chi connectivity index (χ0v) is 10.6.